The average Bonchev–Trinajstić information content (AvgIpc) is 1.88. The van der Waals surface area contributed by atoms with Crippen LogP contribution in [-0.2, 0) is 4.79 Å². The second kappa shape index (κ2) is 4.10. The predicted octanol–water partition coefficient (Wildman–Crippen LogP) is -0.307. The molecule has 0 spiro atoms. The molecule has 1 atom stereocenters. The average molecular weight is 158 g/mol. The number of carboxylic acid groups (broad SMARTS) is 1. The van der Waals surface area contributed by atoms with Gasteiger partial charge >= 0.3 is 5.97 Å². The minimum absolute atomic E-state index is 0.305. The van der Waals surface area contributed by atoms with Crippen molar-refractivity contribution in [1.82, 2.24) is 0 Å². The molecule has 0 aromatic rings. The number of hydrogen-bond acceptors (Lipinski definition) is 3. The topological polar surface area (TPSA) is 89.3 Å². The van der Waals surface area contributed by atoms with Crippen LogP contribution in [0.15, 0.2) is 12.2 Å². The quantitative estimate of drug-likeness (QED) is 0.490. The zero-order valence-electron chi connectivity index (χ0n) is 6.58. The third-order valence-corrected chi connectivity index (χ3v) is 1.33. The molecule has 0 fully saturated rings. The lowest BCUT2D eigenvalue weighted by molar-refractivity contribution is -0.142. The first-order valence-corrected chi connectivity index (χ1v) is 3.38. The maximum atomic E-state index is 10.4. The minimum Gasteiger partial charge on any atom is -0.480 e. The summed E-state index contributed by atoms with van der Waals surface area (Å²) < 4.78 is 0. The van der Waals surface area contributed by atoms with E-state index in [0.717, 1.165) is 0 Å². The lowest BCUT2D eigenvalue weighted by atomic mass is 10.00. The molecule has 11 heavy (non-hydrogen) atoms. The number of nitrogens with two attached hydrogens (primary N) is 2. The van der Waals surface area contributed by atoms with Crippen LogP contribution in [0.4, 0.5) is 0 Å². The second-order valence-corrected chi connectivity index (χ2v) is 2.63. The van der Waals surface area contributed by atoms with Crippen molar-refractivity contribution in [2.24, 2.45) is 11.5 Å². The fourth-order valence-electron chi connectivity index (χ4n) is 0.512. The number of carboxylic acids is 1. The van der Waals surface area contributed by atoms with Crippen LogP contribution in [0.2, 0.25) is 0 Å². The lowest BCUT2D eigenvalue weighted by Crippen LogP contribution is -2.44. The Labute approximate surface area is 65.9 Å². The molecule has 0 aromatic carbocycles. The van der Waals surface area contributed by atoms with Crippen molar-refractivity contribution in [3.05, 3.63) is 12.2 Å². The van der Waals surface area contributed by atoms with Crippen molar-refractivity contribution in [2.75, 3.05) is 6.54 Å². The van der Waals surface area contributed by atoms with E-state index >= 15 is 0 Å². The summed E-state index contributed by atoms with van der Waals surface area (Å²) in [5.41, 5.74) is 9.39. The molecule has 0 heterocycles. The molecular formula is C7H14N2O2. The summed E-state index contributed by atoms with van der Waals surface area (Å²) in [7, 11) is 0. The number of rotatable bonds is 4. The maximum Gasteiger partial charge on any atom is 0.323 e. The summed E-state index contributed by atoms with van der Waals surface area (Å²) in [6.45, 7) is 1.88. The second-order valence-electron chi connectivity index (χ2n) is 2.63. The van der Waals surface area contributed by atoms with E-state index in [2.05, 4.69) is 0 Å². The van der Waals surface area contributed by atoms with Crippen LogP contribution in [0.25, 0.3) is 0 Å². The van der Waals surface area contributed by atoms with E-state index in [0.29, 0.717) is 13.0 Å². The molecule has 0 amide bonds. The van der Waals surface area contributed by atoms with Gasteiger partial charge in [-0.3, -0.25) is 4.79 Å². The van der Waals surface area contributed by atoms with Gasteiger partial charge in [-0.1, -0.05) is 12.2 Å². The van der Waals surface area contributed by atoms with Crippen LogP contribution in [0.1, 0.15) is 13.3 Å². The van der Waals surface area contributed by atoms with Gasteiger partial charge in [0.05, 0.1) is 0 Å². The summed E-state index contributed by atoms with van der Waals surface area (Å²) in [4.78, 5) is 10.4. The third-order valence-electron chi connectivity index (χ3n) is 1.33. The molecule has 0 unspecified atom stereocenters. The van der Waals surface area contributed by atoms with Crippen LogP contribution < -0.4 is 11.5 Å². The van der Waals surface area contributed by atoms with Gasteiger partial charge in [-0.15, -0.1) is 0 Å². The molecule has 5 N–H and O–H groups in total. The van der Waals surface area contributed by atoms with E-state index < -0.39 is 11.5 Å². The van der Waals surface area contributed by atoms with E-state index in [1.807, 2.05) is 0 Å². The Morgan fingerprint density at radius 2 is 2.18 bits per heavy atom. The first-order valence-electron chi connectivity index (χ1n) is 3.38. The molecule has 0 saturated carbocycles. The van der Waals surface area contributed by atoms with Crippen LogP contribution in [0.5, 0.6) is 0 Å². The van der Waals surface area contributed by atoms with Gasteiger partial charge in [0.1, 0.15) is 5.54 Å². The predicted molar refractivity (Wildman–Crippen MR) is 43.0 cm³/mol. The standard InChI is InChI=1S/C7H14N2O2/c1-7(9,6(10)11)4-2-3-5-8/h2-3H,4-5,8-9H2,1H3,(H,10,11)/b3-2+/t7-/m0/s1. The number of aliphatic carboxylic acids is 1. The Balaban J connectivity index is 3.92. The molecule has 4 heteroatoms. The van der Waals surface area contributed by atoms with Gasteiger partial charge in [0.15, 0.2) is 0 Å². The normalized spacial score (nSPS) is 16.6. The van der Waals surface area contributed by atoms with Crippen molar-refractivity contribution in [2.45, 2.75) is 18.9 Å². The van der Waals surface area contributed by atoms with Gasteiger partial charge in [0, 0.05) is 6.54 Å². The van der Waals surface area contributed by atoms with Gasteiger partial charge in [-0.25, -0.2) is 0 Å². The zero-order valence-corrected chi connectivity index (χ0v) is 6.58. The Bertz CT molecular complexity index is 164. The first kappa shape index (κ1) is 10.1. The molecule has 64 valence electrons. The summed E-state index contributed by atoms with van der Waals surface area (Å²) >= 11 is 0. The zero-order chi connectivity index (χ0) is 8.91. The van der Waals surface area contributed by atoms with Gasteiger partial charge in [0.25, 0.3) is 0 Å². The van der Waals surface area contributed by atoms with Crippen LogP contribution in [0.3, 0.4) is 0 Å². The number of carbonyl (C=O) groups is 1. The largest absolute Gasteiger partial charge is 0.480 e. The molecule has 0 saturated heterocycles. The molecule has 4 nitrogen and oxygen atoms in total. The summed E-state index contributed by atoms with van der Waals surface area (Å²) in [5, 5.41) is 8.55. The van der Waals surface area contributed by atoms with Crippen LogP contribution >= 0.6 is 0 Å². The Morgan fingerprint density at radius 3 is 2.55 bits per heavy atom. The van der Waals surface area contributed by atoms with Crippen LogP contribution in [-0.4, -0.2) is 23.2 Å². The smallest absolute Gasteiger partial charge is 0.323 e. The maximum absolute atomic E-state index is 10.4. The van der Waals surface area contributed by atoms with Crippen molar-refractivity contribution in [1.29, 1.82) is 0 Å². The highest BCUT2D eigenvalue weighted by atomic mass is 16.4. The highest BCUT2D eigenvalue weighted by Gasteiger charge is 2.25. The van der Waals surface area contributed by atoms with E-state index in [-0.39, 0.29) is 0 Å². The van der Waals surface area contributed by atoms with Crippen LogP contribution in [0, 0.1) is 0 Å². The summed E-state index contributed by atoms with van der Waals surface area (Å²) in [6.07, 6.45) is 3.67. The van der Waals surface area contributed by atoms with Gasteiger partial charge in [-0.2, -0.15) is 0 Å². The van der Waals surface area contributed by atoms with E-state index in [1.165, 1.54) is 6.92 Å². The molecule has 0 aliphatic heterocycles. The molecule has 0 bridgehead atoms. The van der Waals surface area contributed by atoms with E-state index in [9.17, 15) is 4.79 Å². The van der Waals surface area contributed by atoms with E-state index in [4.69, 9.17) is 16.6 Å². The van der Waals surface area contributed by atoms with E-state index in [1.54, 1.807) is 12.2 Å². The molecule has 0 aliphatic rings. The van der Waals surface area contributed by atoms with Crippen molar-refractivity contribution >= 4 is 5.97 Å². The van der Waals surface area contributed by atoms with Crippen molar-refractivity contribution < 1.29 is 9.90 Å². The molecule has 0 aliphatic carbocycles. The van der Waals surface area contributed by atoms with Crippen molar-refractivity contribution in [3.8, 4) is 0 Å². The molecule has 0 radical (unpaired) electrons. The molecule has 0 aromatic heterocycles. The number of hydrogen-bond donors (Lipinski definition) is 3. The van der Waals surface area contributed by atoms with Crippen molar-refractivity contribution in [3.63, 3.8) is 0 Å². The lowest BCUT2D eigenvalue weighted by Gasteiger charge is -2.15. The highest BCUT2D eigenvalue weighted by Crippen LogP contribution is 2.05. The summed E-state index contributed by atoms with van der Waals surface area (Å²) in [5.74, 6) is -1.00. The third kappa shape index (κ3) is 3.75. The summed E-state index contributed by atoms with van der Waals surface area (Å²) in [6, 6.07) is 0. The van der Waals surface area contributed by atoms with Gasteiger partial charge < -0.3 is 16.6 Å². The Morgan fingerprint density at radius 1 is 1.64 bits per heavy atom. The minimum atomic E-state index is -1.17. The van der Waals surface area contributed by atoms with Gasteiger partial charge in [-0.05, 0) is 13.3 Å². The Hall–Kier alpha value is -0.870. The highest BCUT2D eigenvalue weighted by molar-refractivity contribution is 5.78. The fourth-order valence-corrected chi connectivity index (χ4v) is 0.512. The molecular weight excluding hydrogens is 144 g/mol. The monoisotopic (exact) mass is 158 g/mol. The fraction of sp³-hybridized carbons (Fsp3) is 0.571. The Kier molecular flexibility index (Phi) is 3.78. The molecule has 0 rings (SSSR count). The van der Waals surface area contributed by atoms with Gasteiger partial charge in [0.2, 0.25) is 0 Å². The first-order chi connectivity index (χ1) is 5.00. The SMILES string of the molecule is C[C@](N)(C/C=C/CN)C(=O)O.